The Balaban J connectivity index is 2.16. The number of carbonyl (C=O) groups is 2. The Morgan fingerprint density at radius 2 is 1.78 bits per heavy atom. The molecule has 0 aliphatic heterocycles. The summed E-state index contributed by atoms with van der Waals surface area (Å²) in [7, 11) is -2.00. The zero-order valence-electron chi connectivity index (χ0n) is 14.1. The zero-order chi connectivity index (χ0) is 20.2. The van der Waals surface area contributed by atoms with Gasteiger partial charge in [0.2, 0.25) is 0 Å². The van der Waals surface area contributed by atoms with Crippen molar-refractivity contribution in [2.24, 2.45) is 4.36 Å². The summed E-state index contributed by atoms with van der Waals surface area (Å²) in [6.07, 6.45) is -3.08. The van der Waals surface area contributed by atoms with E-state index in [1.54, 1.807) is 0 Å². The number of alkyl halides is 3. The number of carbonyl (C=O) groups excluding carboxylic acids is 2. The number of hydrogen-bond acceptors (Lipinski definition) is 5. The number of nitrogens with one attached hydrogen (secondary N) is 1. The van der Waals surface area contributed by atoms with Crippen molar-refractivity contribution in [1.29, 1.82) is 0 Å². The van der Waals surface area contributed by atoms with Gasteiger partial charge in [0.05, 0.1) is 22.4 Å². The van der Waals surface area contributed by atoms with E-state index < -0.39 is 33.4 Å². The van der Waals surface area contributed by atoms with E-state index in [-0.39, 0.29) is 10.6 Å². The van der Waals surface area contributed by atoms with Gasteiger partial charge in [0.25, 0.3) is 5.91 Å². The first kappa shape index (κ1) is 20.4. The van der Waals surface area contributed by atoms with Crippen LogP contribution in [0.3, 0.4) is 0 Å². The molecule has 0 fully saturated rings. The smallest absolute Gasteiger partial charge is 0.417 e. The molecule has 3 amide bonds. The lowest BCUT2D eigenvalue weighted by Crippen LogP contribution is -2.28. The topological polar surface area (TPSA) is 97.7 Å². The molecule has 0 spiro atoms. The van der Waals surface area contributed by atoms with E-state index in [0.29, 0.717) is 18.0 Å². The summed E-state index contributed by atoms with van der Waals surface area (Å²) < 4.78 is 58.4. The molecule has 27 heavy (non-hydrogen) atoms. The predicted molar refractivity (Wildman–Crippen MR) is 89.9 cm³/mol. The highest BCUT2D eigenvalue weighted by Gasteiger charge is 2.31. The van der Waals surface area contributed by atoms with Gasteiger partial charge in [0.15, 0.2) is 0 Å². The number of ether oxygens (including phenoxy) is 1. The van der Waals surface area contributed by atoms with Crippen LogP contribution >= 0.6 is 0 Å². The van der Waals surface area contributed by atoms with E-state index in [1.165, 1.54) is 31.4 Å². The Bertz CT molecular complexity index is 964. The van der Waals surface area contributed by atoms with Gasteiger partial charge < -0.3 is 4.74 Å². The molecular formula is C16H14F3N3O4S. The van der Waals surface area contributed by atoms with Gasteiger partial charge in [-0.15, -0.1) is 4.36 Å². The third-order valence-electron chi connectivity index (χ3n) is 3.28. The maximum absolute atomic E-state index is 12.5. The number of urea groups is 1. The SMILES string of the molecule is COc1ccc(C(=O)NC(=O)N=[S@](C)(=O)c2ccc(C(F)(F)F)cn2)cc1. The molecule has 0 radical (unpaired) electrons. The molecular weight excluding hydrogens is 387 g/mol. The van der Waals surface area contributed by atoms with Crippen molar-refractivity contribution in [3.63, 3.8) is 0 Å². The summed E-state index contributed by atoms with van der Waals surface area (Å²) in [5, 5.41) is 1.61. The minimum atomic E-state index is -4.60. The molecule has 2 aromatic rings. The molecule has 1 atom stereocenters. The van der Waals surface area contributed by atoms with Gasteiger partial charge >= 0.3 is 12.2 Å². The molecule has 1 aromatic heterocycles. The molecule has 0 bridgehead atoms. The highest BCUT2D eigenvalue weighted by Crippen LogP contribution is 2.28. The normalized spacial score (nSPS) is 13.4. The van der Waals surface area contributed by atoms with Crippen molar-refractivity contribution in [1.82, 2.24) is 10.3 Å². The van der Waals surface area contributed by atoms with Crippen molar-refractivity contribution in [3.8, 4) is 5.75 Å². The van der Waals surface area contributed by atoms with Gasteiger partial charge in [0, 0.05) is 18.0 Å². The highest BCUT2D eigenvalue weighted by atomic mass is 32.2. The van der Waals surface area contributed by atoms with Gasteiger partial charge in [-0.05, 0) is 36.4 Å². The largest absolute Gasteiger partial charge is 0.497 e. The molecule has 1 N–H and O–H groups in total. The second kappa shape index (κ2) is 7.74. The Kier molecular flexibility index (Phi) is 5.84. The molecule has 0 aliphatic rings. The summed E-state index contributed by atoms with van der Waals surface area (Å²) >= 11 is 0. The number of methoxy groups -OCH3 is 1. The number of imide groups is 1. The minimum Gasteiger partial charge on any atom is -0.497 e. The maximum atomic E-state index is 12.5. The van der Waals surface area contributed by atoms with Crippen molar-refractivity contribution >= 4 is 21.7 Å². The molecule has 0 saturated carbocycles. The fraction of sp³-hybridized carbons (Fsp3) is 0.188. The molecule has 144 valence electrons. The van der Waals surface area contributed by atoms with Crippen molar-refractivity contribution in [2.75, 3.05) is 13.4 Å². The van der Waals surface area contributed by atoms with Gasteiger partial charge in [-0.25, -0.2) is 14.0 Å². The van der Waals surface area contributed by atoms with Gasteiger partial charge in [-0.2, -0.15) is 13.2 Å². The fourth-order valence-corrected chi connectivity index (χ4v) is 2.94. The van der Waals surface area contributed by atoms with E-state index in [1.807, 2.05) is 5.32 Å². The maximum Gasteiger partial charge on any atom is 0.417 e. The van der Waals surface area contributed by atoms with Crippen LogP contribution in [0, 0.1) is 0 Å². The fourth-order valence-electron chi connectivity index (χ4n) is 1.91. The van der Waals surface area contributed by atoms with E-state index >= 15 is 0 Å². The minimum absolute atomic E-state index is 0.134. The van der Waals surface area contributed by atoms with E-state index in [0.717, 1.165) is 12.3 Å². The molecule has 7 nitrogen and oxygen atoms in total. The third-order valence-corrected chi connectivity index (χ3v) is 4.81. The summed E-state index contributed by atoms with van der Waals surface area (Å²) in [6.45, 7) is 0. The van der Waals surface area contributed by atoms with Crippen LogP contribution in [0.15, 0.2) is 52.0 Å². The van der Waals surface area contributed by atoms with Crippen LogP contribution in [0.1, 0.15) is 15.9 Å². The lowest BCUT2D eigenvalue weighted by atomic mass is 10.2. The monoisotopic (exact) mass is 401 g/mol. The summed E-state index contributed by atoms with van der Waals surface area (Å²) in [5.41, 5.74) is -0.893. The number of amides is 3. The molecule has 11 heteroatoms. The van der Waals surface area contributed by atoms with Crippen LogP contribution in [0.25, 0.3) is 0 Å². The molecule has 2 rings (SSSR count). The average molecular weight is 401 g/mol. The van der Waals surface area contributed by atoms with Crippen molar-refractivity contribution in [3.05, 3.63) is 53.7 Å². The first-order valence-electron chi connectivity index (χ1n) is 7.28. The number of benzene rings is 1. The molecule has 1 aromatic carbocycles. The van der Waals surface area contributed by atoms with Crippen LogP contribution < -0.4 is 10.1 Å². The Labute approximate surface area is 152 Å². The molecule has 0 aliphatic carbocycles. The van der Waals surface area contributed by atoms with Gasteiger partial charge in [-0.1, -0.05) is 0 Å². The van der Waals surface area contributed by atoms with Crippen LogP contribution in [0.2, 0.25) is 0 Å². The molecule has 0 unspecified atom stereocenters. The van der Waals surface area contributed by atoms with Gasteiger partial charge in [0.1, 0.15) is 10.8 Å². The van der Waals surface area contributed by atoms with Crippen LogP contribution in [0.5, 0.6) is 5.75 Å². The number of rotatable bonds is 3. The molecule has 1 heterocycles. The Morgan fingerprint density at radius 3 is 2.26 bits per heavy atom. The number of pyridine rings is 1. The second-order valence-electron chi connectivity index (χ2n) is 5.26. The van der Waals surface area contributed by atoms with E-state index in [2.05, 4.69) is 9.35 Å². The third kappa shape index (κ3) is 5.26. The highest BCUT2D eigenvalue weighted by molar-refractivity contribution is 7.93. The van der Waals surface area contributed by atoms with Crippen molar-refractivity contribution < 1.29 is 31.7 Å². The quantitative estimate of drug-likeness (QED) is 0.852. The standard InChI is InChI=1S/C16H14F3N3O4S/c1-26-12-6-3-10(4-7-12)14(23)21-15(24)22-27(2,25)13-8-5-11(9-20-13)16(17,18)19/h3-9H,1-2H3,(H,21,23,24)/t27-/m1/s1. The van der Waals surface area contributed by atoms with Crippen LogP contribution in [-0.2, 0) is 15.9 Å². The van der Waals surface area contributed by atoms with Crippen LogP contribution in [0.4, 0.5) is 18.0 Å². The van der Waals surface area contributed by atoms with Crippen molar-refractivity contribution in [2.45, 2.75) is 11.2 Å². The number of nitrogens with zero attached hydrogens (tertiary/aromatic N) is 2. The Hall–Kier alpha value is -2.95. The predicted octanol–water partition coefficient (Wildman–Crippen LogP) is 3.12. The Morgan fingerprint density at radius 1 is 1.15 bits per heavy atom. The zero-order valence-corrected chi connectivity index (χ0v) is 14.9. The number of hydrogen-bond donors (Lipinski definition) is 1. The average Bonchev–Trinajstić information content (AvgIpc) is 2.60. The first-order valence-corrected chi connectivity index (χ1v) is 9.20. The summed E-state index contributed by atoms with van der Waals surface area (Å²) in [6, 6.07) is 6.17. The second-order valence-corrected chi connectivity index (χ2v) is 7.47. The number of halogens is 3. The van der Waals surface area contributed by atoms with E-state index in [4.69, 9.17) is 4.74 Å². The molecule has 0 saturated heterocycles. The van der Waals surface area contributed by atoms with Crippen LogP contribution in [-0.4, -0.2) is 34.5 Å². The number of aromatic nitrogens is 1. The summed E-state index contributed by atoms with van der Waals surface area (Å²) in [4.78, 5) is 27.3. The summed E-state index contributed by atoms with van der Waals surface area (Å²) in [5.74, 6) is -0.283. The van der Waals surface area contributed by atoms with Gasteiger partial charge in [-0.3, -0.25) is 10.1 Å². The first-order chi connectivity index (χ1) is 12.5. The lowest BCUT2D eigenvalue weighted by Gasteiger charge is -2.08. The van der Waals surface area contributed by atoms with E-state index in [9.17, 15) is 27.0 Å². The lowest BCUT2D eigenvalue weighted by molar-refractivity contribution is -0.137.